The minimum Gasteiger partial charge on any atom is -0.493 e. The second kappa shape index (κ2) is 7.55. The lowest BCUT2D eigenvalue weighted by atomic mass is 10.1. The summed E-state index contributed by atoms with van der Waals surface area (Å²) in [6.07, 6.45) is 4.60. The molecule has 134 valence electrons. The molecule has 1 saturated heterocycles. The molecular formula is C18H22N2O5. The van der Waals surface area contributed by atoms with Crippen molar-refractivity contribution in [2.24, 2.45) is 4.99 Å². The first-order valence-corrected chi connectivity index (χ1v) is 8.41. The number of esters is 1. The number of carbonyl (C=O) groups excluding carboxylic acids is 2. The summed E-state index contributed by atoms with van der Waals surface area (Å²) in [4.78, 5) is 30.2. The van der Waals surface area contributed by atoms with Crippen molar-refractivity contribution in [1.82, 2.24) is 4.90 Å². The van der Waals surface area contributed by atoms with Crippen LogP contribution in [0.3, 0.4) is 0 Å². The first-order valence-electron chi connectivity index (χ1n) is 8.41. The van der Waals surface area contributed by atoms with Gasteiger partial charge >= 0.3 is 5.97 Å². The molecular weight excluding hydrogens is 324 g/mol. The number of hydrogen-bond donors (Lipinski definition) is 0. The number of carbonyl (C=O) groups is 2. The summed E-state index contributed by atoms with van der Waals surface area (Å²) in [7, 11) is 2.89. The monoisotopic (exact) mass is 346 g/mol. The molecule has 0 aromatic heterocycles. The van der Waals surface area contributed by atoms with Gasteiger partial charge in [-0.1, -0.05) is 0 Å². The van der Waals surface area contributed by atoms with Gasteiger partial charge in [0.05, 0.1) is 38.1 Å². The Morgan fingerprint density at radius 2 is 2.16 bits per heavy atom. The molecule has 1 fully saturated rings. The van der Waals surface area contributed by atoms with Gasteiger partial charge in [0.2, 0.25) is 0 Å². The van der Waals surface area contributed by atoms with Crippen LogP contribution in [0.25, 0.3) is 0 Å². The molecule has 7 nitrogen and oxygen atoms in total. The van der Waals surface area contributed by atoms with Crippen molar-refractivity contribution in [3.63, 3.8) is 0 Å². The average Bonchev–Trinajstić information content (AvgIpc) is 3.06. The zero-order valence-electron chi connectivity index (χ0n) is 14.5. The average molecular weight is 346 g/mol. The maximum absolute atomic E-state index is 12.8. The van der Waals surface area contributed by atoms with Crippen molar-refractivity contribution in [3.8, 4) is 11.5 Å². The predicted octanol–water partition coefficient (Wildman–Crippen LogP) is 2.35. The van der Waals surface area contributed by atoms with Crippen LogP contribution in [0.5, 0.6) is 11.5 Å². The largest absolute Gasteiger partial charge is 0.493 e. The number of nitrogens with zero attached hydrogens (tertiary/aromatic N) is 2. The van der Waals surface area contributed by atoms with Crippen LogP contribution in [0.15, 0.2) is 17.1 Å². The fraction of sp³-hybridized carbons (Fsp3) is 0.500. The van der Waals surface area contributed by atoms with Crippen LogP contribution < -0.4 is 9.47 Å². The topological polar surface area (TPSA) is 77.4 Å². The zero-order chi connectivity index (χ0) is 17.8. The van der Waals surface area contributed by atoms with Crippen LogP contribution in [-0.4, -0.2) is 56.4 Å². The van der Waals surface area contributed by atoms with E-state index in [1.807, 2.05) is 11.1 Å². The number of methoxy groups -OCH3 is 2. The Balaban J connectivity index is 1.78. The molecule has 0 unspecified atom stereocenters. The van der Waals surface area contributed by atoms with Crippen molar-refractivity contribution in [2.45, 2.75) is 31.7 Å². The first kappa shape index (κ1) is 17.3. The van der Waals surface area contributed by atoms with Crippen LogP contribution in [0.4, 0.5) is 5.69 Å². The molecule has 1 amide bonds. The van der Waals surface area contributed by atoms with Crippen molar-refractivity contribution in [3.05, 3.63) is 17.7 Å². The number of aliphatic imine (C=N–C) groups is 1. The molecule has 3 rings (SSSR count). The maximum Gasteiger partial charge on any atom is 0.305 e. The minimum atomic E-state index is -0.270. The summed E-state index contributed by atoms with van der Waals surface area (Å²) in [6.45, 7) is 1.10. The van der Waals surface area contributed by atoms with Gasteiger partial charge in [0.15, 0.2) is 11.5 Å². The lowest BCUT2D eigenvalue weighted by Gasteiger charge is -2.20. The normalized spacial score (nSPS) is 18.4. The maximum atomic E-state index is 12.8. The third-order valence-electron chi connectivity index (χ3n) is 4.47. The molecule has 1 atom stereocenters. The number of benzene rings is 1. The highest BCUT2D eigenvalue weighted by Gasteiger charge is 2.32. The second-order valence-corrected chi connectivity index (χ2v) is 6.03. The Hall–Kier alpha value is -2.57. The van der Waals surface area contributed by atoms with Gasteiger partial charge in [0.1, 0.15) is 0 Å². The summed E-state index contributed by atoms with van der Waals surface area (Å²) in [6, 6.07) is 3.48. The highest BCUT2D eigenvalue weighted by atomic mass is 16.5. The van der Waals surface area contributed by atoms with E-state index in [9.17, 15) is 9.59 Å². The molecule has 0 aliphatic carbocycles. The van der Waals surface area contributed by atoms with Crippen LogP contribution in [0, 0.1) is 0 Å². The van der Waals surface area contributed by atoms with E-state index in [2.05, 4.69) is 9.73 Å². The van der Waals surface area contributed by atoms with Gasteiger partial charge in [-0.3, -0.25) is 14.6 Å². The summed E-state index contributed by atoms with van der Waals surface area (Å²) < 4.78 is 15.7. The second-order valence-electron chi connectivity index (χ2n) is 6.03. The SMILES string of the molecule is COC(=O)CCCOc1cc2c(cc1OC)C(=O)N1CCC[C@H]1C=N2. The number of rotatable bonds is 6. The molecule has 1 aromatic carbocycles. The van der Waals surface area contributed by atoms with Gasteiger partial charge in [-0.15, -0.1) is 0 Å². The molecule has 2 aliphatic heterocycles. The minimum absolute atomic E-state index is 0.0226. The molecule has 1 aromatic rings. The lowest BCUT2D eigenvalue weighted by molar-refractivity contribution is -0.140. The highest BCUT2D eigenvalue weighted by molar-refractivity contribution is 6.03. The molecule has 2 aliphatic rings. The summed E-state index contributed by atoms with van der Waals surface area (Å²) in [5.74, 6) is 0.704. The third kappa shape index (κ3) is 3.60. The van der Waals surface area contributed by atoms with Gasteiger partial charge in [-0.2, -0.15) is 0 Å². The predicted molar refractivity (Wildman–Crippen MR) is 91.9 cm³/mol. The van der Waals surface area contributed by atoms with Crippen LogP contribution in [0.2, 0.25) is 0 Å². The first-order chi connectivity index (χ1) is 12.1. The summed E-state index contributed by atoms with van der Waals surface area (Å²) in [5, 5.41) is 0. The van der Waals surface area contributed by atoms with Crippen molar-refractivity contribution in [2.75, 3.05) is 27.4 Å². The van der Waals surface area contributed by atoms with E-state index in [1.54, 1.807) is 12.1 Å². The van der Waals surface area contributed by atoms with Crippen LogP contribution >= 0.6 is 0 Å². The van der Waals surface area contributed by atoms with E-state index < -0.39 is 0 Å². The standard InChI is InChI=1S/C18H22N2O5/c1-23-15-9-13-14(10-16(15)25-8-4-6-17(21)24-2)19-11-12-5-3-7-20(12)18(13)22/h9-12H,3-8H2,1-2H3/t12-/m0/s1. The molecule has 0 radical (unpaired) electrons. The fourth-order valence-corrected chi connectivity index (χ4v) is 3.12. The molecule has 2 heterocycles. The summed E-state index contributed by atoms with van der Waals surface area (Å²) >= 11 is 0. The Kier molecular flexibility index (Phi) is 5.21. The highest BCUT2D eigenvalue weighted by Crippen LogP contribution is 2.38. The van der Waals surface area contributed by atoms with E-state index >= 15 is 0 Å². The zero-order valence-corrected chi connectivity index (χ0v) is 14.5. The summed E-state index contributed by atoms with van der Waals surface area (Å²) in [5.41, 5.74) is 1.11. The molecule has 0 saturated carbocycles. The molecule has 0 spiro atoms. The van der Waals surface area contributed by atoms with E-state index in [-0.39, 0.29) is 24.3 Å². The quantitative estimate of drug-likeness (QED) is 0.584. The van der Waals surface area contributed by atoms with E-state index in [0.29, 0.717) is 35.8 Å². The Morgan fingerprint density at radius 1 is 1.32 bits per heavy atom. The smallest absolute Gasteiger partial charge is 0.305 e. The van der Waals surface area contributed by atoms with Gasteiger partial charge < -0.3 is 19.1 Å². The number of amides is 1. The van der Waals surface area contributed by atoms with Gasteiger partial charge in [-0.05, 0) is 25.3 Å². The number of fused-ring (bicyclic) bond motifs is 2. The number of ether oxygens (including phenoxy) is 3. The van der Waals surface area contributed by atoms with Gasteiger partial charge in [-0.25, -0.2) is 0 Å². The fourth-order valence-electron chi connectivity index (χ4n) is 3.12. The number of hydrogen-bond acceptors (Lipinski definition) is 6. The molecule has 0 N–H and O–H groups in total. The third-order valence-corrected chi connectivity index (χ3v) is 4.47. The molecule has 7 heteroatoms. The Morgan fingerprint density at radius 3 is 2.92 bits per heavy atom. The van der Waals surface area contributed by atoms with Crippen molar-refractivity contribution >= 4 is 23.8 Å². The Labute approximate surface area is 146 Å². The van der Waals surface area contributed by atoms with Gasteiger partial charge in [0, 0.05) is 25.2 Å². The van der Waals surface area contributed by atoms with Gasteiger partial charge in [0.25, 0.3) is 5.91 Å². The van der Waals surface area contributed by atoms with E-state index in [0.717, 1.165) is 19.4 Å². The van der Waals surface area contributed by atoms with E-state index in [1.165, 1.54) is 14.2 Å². The Bertz CT molecular complexity index is 701. The lowest BCUT2D eigenvalue weighted by Crippen LogP contribution is -2.35. The van der Waals surface area contributed by atoms with Crippen LogP contribution in [0.1, 0.15) is 36.0 Å². The molecule has 0 bridgehead atoms. The van der Waals surface area contributed by atoms with Crippen molar-refractivity contribution < 1.29 is 23.8 Å². The van der Waals surface area contributed by atoms with Crippen LogP contribution in [-0.2, 0) is 9.53 Å². The van der Waals surface area contributed by atoms with Crippen molar-refractivity contribution in [1.29, 1.82) is 0 Å². The molecule has 25 heavy (non-hydrogen) atoms. The van der Waals surface area contributed by atoms with E-state index in [4.69, 9.17) is 9.47 Å².